The van der Waals surface area contributed by atoms with Gasteiger partial charge in [-0.15, -0.1) is 0 Å². The van der Waals surface area contributed by atoms with E-state index in [1.807, 2.05) is 30.0 Å². The molecule has 6 heteroatoms. The second-order valence-corrected chi connectivity index (χ2v) is 6.46. The van der Waals surface area contributed by atoms with Crippen LogP contribution in [0, 0.1) is 0 Å². The number of carbonyl (C=O) groups is 2. The second kappa shape index (κ2) is 7.77. The summed E-state index contributed by atoms with van der Waals surface area (Å²) in [5.41, 5.74) is 1.33. The molecule has 0 aliphatic carbocycles. The maximum Gasteiger partial charge on any atom is 0.253 e. The number of hydrogen-bond donors (Lipinski definition) is 2. The Balaban J connectivity index is 1.62. The summed E-state index contributed by atoms with van der Waals surface area (Å²) >= 11 is 0. The van der Waals surface area contributed by atoms with Gasteiger partial charge in [0.15, 0.2) is 0 Å². The average molecular weight is 330 g/mol. The third-order valence-electron chi connectivity index (χ3n) is 4.83. The van der Waals surface area contributed by atoms with E-state index >= 15 is 0 Å². The Morgan fingerprint density at radius 3 is 2.79 bits per heavy atom. The molecule has 2 heterocycles. The van der Waals surface area contributed by atoms with E-state index in [4.69, 9.17) is 0 Å². The maximum absolute atomic E-state index is 12.8. The Labute approximate surface area is 143 Å². The first-order valence-electron chi connectivity index (χ1n) is 8.81. The molecule has 2 fully saturated rings. The molecule has 0 aromatic heterocycles. The Hall–Kier alpha value is -1.92. The largest absolute Gasteiger partial charge is 0.337 e. The normalized spacial score (nSPS) is 21.7. The molecule has 3 rings (SSSR count). The molecular weight excluding hydrogens is 304 g/mol. The van der Waals surface area contributed by atoms with Crippen LogP contribution < -0.4 is 10.6 Å². The van der Waals surface area contributed by atoms with E-state index < -0.39 is 0 Å². The van der Waals surface area contributed by atoms with E-state index in [2.05, 4.69) is 15.5 Å². The van der Waals surface area contributed by atoms with Crippen molar-refractivity contribution in [2.45, 2.75) is 25.8 Å². The lowest BCUT2D eigenvalue weighted by molar-refractivity contribution is -0.115. The van der Waals surface area contributed by atoms with Crippen LogP contribution in [0.15, 0.2) is 24.3 Å². The van der Waals surface area contributed by atoms with Gasteiger partial charge in [0, 0.05) is 63.0 Å². The Morgan fingerprint density at radius 2 is 2.04 bits per heavy atom. The molecular formula is C18H26N4O2. The lowest BCUT2D eigenvalue weighted by Crippen LogP contribution is -2.49. The van der Waals surface area contributed by atoms with E-state index in [1.54, 1.807) is 6.07 Å². The molecule has 0 saturated carbocycles. The molecule has 2 saturated heterocycles. The summed E-state index contributed by atoms with van der Waals surface area (Å²) in [4.78, 5) is 28.7. The van der Waals surface area contributed by atoms with Crippen molar-refractivity contribution in [2.24, 2.45) is 0 Å². The van der Waals surface area contributed by atoms with Gasteiger partial charge in [0.1, 0.15) is 0 Å². The van der Waals surface area contributed by atoms with E-state index in [9.17, 15) is 9.59 Å². The third-order valence-corrected chi connectivity index (χ3v) is 4.83. The maximum atomic E-state index is 12.8. The lowest BCUT2D eigenvalue weighted by atomic mass is 10.1. The summed E-state index contributed by atoms with van der Waals surface area (Å²) in [5, 5.41) is 6.18. The molecule has 1 unspecified atom stereocenters. The molecule has 1 aromatic rings. The highest BCUT2D eigenvalue weighted by molar-refractivity contribution is 5.97. The Bertz CT molecular complexity index is 598. The summed E-state index contributed by atoms with van der Waals surface area (Å²) in [7, 11) is 0. The van der Waals surface area contributed by atoms with Crippen LogP contribution in [0.3, 0.4) is 0 Å². The van der Waals surface area contributed by atoms with Crippen molar-refractivity contribution in [3.8, 4) is 0 Å². The van der Waals surface area contributed by atoms with E-state index in [1.165, 1.54) is 0 Å². The number of likely N-dealkylation sites (tertiary alicyclic amines) is 1. The third kappa shape index (κ3) is 3.94. The first kappa shape index (κ1) is 16.9. The van der Waals surface area contributed by atoms with Crippen LogP contribution >= 0.6 is 0 Å². The molecule has 6 nitrogen and oxygen atoms in total. The van der Waals surface area contributed by atoms with Gasteiger partial charge in [0.05, 0.1) is 0 Å². The standard InChI is InChI=1S/C18H26N4O2/c1-2-17(23)20-15-5-3-4-14(12-15)18(24)22-9-6-16(13-22)21-10-7-19-8-11-21/h3-5,12,16,19H,2,6-11,13H2,1H3,(H,20,23). The Kier molecular flexibility index (Phi) is 5.48. The van der Waals surface area contributed by atoms with Gasteiger partial charge in [-0.1, -0.05) is 13.0 Å². The van der Waals surface area contributed by atoms with Gasteiger partial charge < -0.3 is 15.5 Å². The van der Waals surface area contributed by atoms with Crippen molar-refractivity contribution >= 4 is 17.5 Å². The van der Waals surface area contributed by atoms with Crippen LogP contribution in [-0.4, -0.2) is 66.9 Å². The number of anilines is 1. The van der Waals surface area contributed by atoms with E-state index in [-0.39, 0.29) is 11.8 Å². The van der Waals surface area contributed by atoms with Crippen molar-refractivity contribution in [1.29, 1.82) is 0 Å². The number of benzene rings is 1. The number of hydrogen-bond acceptors (Lipinski definition) is 4. The van der Waals surface area contributed by atoms with Crippen molar-refractivity contribution in [3.05, 3.63) is 29.8 Å². The average Bonchev–Trinajstić information content (AvgIpc) is 3.12. The van der Waals surface area contributed by atoms with Gasteiger partial charge >= 0.3 is 0 Å². The molecule has 0 radical (unpaired) electrons. The molecule has 130 valence electrons. The van der Waals surface area contributed by atoms with Crippen molar-refractivity contribution in [3.63, 3.8) is 0 Å². The van der Waals surface area contributed by atoms with Crippen molar-refractivity contribution < 1.29 is 9.59 Å². The quantitative estimate of drug-likeness (QED) is 0.869. The molecule has 24 heavy (non-hydrogen) atoms. The van der Waals surface area contributed by atoms with Crippen molar-refractivity contribution in [2.75, 3.05) is 44.6 Å². The number of nitrogens with one attached hydrogen (secondary N) is 2. The predicted octanol–water partition coefficient (Wildman–Crippen LogP) is 1.15. The molecule has 0 spiro atoms. The lowest BCUT2D eigenvalue weighted by Gasteiger charge is -2.32. The minimum Gasteiger partial charge on any atom is -0.337 e. The predicted molar refractivity (Wildman–Crippen MR) is 94.1 cm³/mol. The van der Waals surface area contributed by atoms with Crippen LogP contribution in [0.1, 0.15) is 30.1 Å². The first-order valence-corrected chi connectivity index (χ1v) is 8.81. The summed E-state index contributed by atoms with van der Waals surface area (Å²) < 4.78 is 0. The number of piperazine rings is 1. The summed E-state index contributed by atoms with van der Waals surface area (Å²) in [6.45, 7) is 7.60. The highest BCUT2D eigenvalue weighted by Crippen LogP contribution is 2.20. The number of rotatable bonds is 4. The van der Waals surface area contributed by atoms with Crippen molar-refractivity contribution in [1.82, 2.24) is 15.1 Å². The summed E-state index contributed by atoms with van der Waals surface area (Å²) in [5.74, 6) is 0.0137. The fourth-order valence-corrected chi connectivity index (χ4v) is 3.43. The fraction of sp³-hybridized carbons (Fsp3) is 0.556. The zero-order valence-electron chi connectivity index (χ0n) is 14.3. The highest BCUT2D eigenvalue weighted by atomic mass is 16.2. The minimum atomic E-state index is -0.0421. The number of amides is 2. The van der Waals surface area contributed by atoms with Crippen LogP contribution in [0.2, 0.25) is 0 Å². The van der Waals surface area contributed by atoms with Gasteiger partial charge in [-0.2, -0.15) is 0 Å². The number of nitrogens with zero attached hydrogens (tertiary/aromatic N) is 2. The zero-order valence-corrected chi connectivity index (χ0v) is 14.3. The molecule has 1 atom stereocenters. The van der Waals surface area contributed by atoms with Crippen LogP contribution in [0.4, 0.5) is 5.69 Å². The minimum absolute atomic E-state index is 0.0421. The van der Waals surface area contributed by atoms with Crippen LogP contribution in [-0.2, 0) is 4.79 Å². The Morgan fingerprint density at radius 1 is 1.25 bits per heavy atom. The molecule has 2 N–H and O–H groups in total. The van der Waals surface area contributed by atoms with Gasteiger partial charge in [-0.05, 0) is 24.6 Å². The van der Waals surface area contributed by atoms with Crippen LogP contribution in [0.25, 0.3) is 0 Å². The monoisotopic (exact) mass is 330 g/mol. The first-order chi connectivity index (χ1) is 11.7. The summed E-state index contributed by atoms with van der Waals surface area (Å²) in [6, 6.07) is 7.70. The number of carbonyl (C=O) groups excluding carboxylic acids is 2. The topological polar surface area (TPSA) is 64.7 Å². The molecule has 1 aromatic carbocycles. The fourth-order valence-electron chi connectivity index (χ4n) is 3.43. The molecule has 0 bridgehead atoms. The molecule has 2 aliphatic rings. The second-order valence-electron chi connectivity index (χ2n) is 6.46. The van der Waals surface area contributed by atoms with Gasteiger partial charge in [-0.3, -0.25) is 14.5 Å². The van der Waals surface area contributed by atoms with Crippen LogP contribution in [0.5, 0.6) is 0 Å². The smallest absolute Gasteiger partial charge is 0.253 e. The van der Waals surface area contributed by atoms with Gasteiger partial charge in [0.2, 0.25) is 5.91 Å². The molecule has 2 amide bonds. The van der Waals surface area contributed by atoms with E-state index in [0.717, 1.165) is 45.7 Å². The highest BCUT2D eigenvalue weighted by Gasteiger charge is 2.31. The summed E-state index contributed by atoms with van der Waals surface area (Å²) in [6.07, 6.45) is 1.47. The van der Waals surface area contributed by atoms with Gasteiger partial charge in [-0.25, -0.2) is 0 Å². The van der Waals surface area contributed by atoms with E-state index in [0.29, 0.717) is 23.7 Å². The van der Waals surface area contributed by atoms with Gasteiger partial charge in [0.25, 0.3) is 5.91 Å². The molecule has 2 aliphatic heterocycles. The zero-order chi connectivity index (χ0) is 16.9. The SMILES string of the molecule is CCC(=O)Nc1cccc(C(=O)N2CCC(N3CCNCC3)C2)c1.